The lowest BCUT2D eigenvalue weighted by Crippen LogP contribution is -1.91. The second-order valence-corrected chi connectivity index (χ2v) is 14.4. The molecule has 0 saturated heterocycles. The van der Waals surface area contributed by atoms with E-state index in [2.05, 4.69) is 97.1 Å². The van der Waals surface area contributed by atoms with Gasteiger partial charge in [-0.3, -0.25) is 0 Å². The second kappa shape index (κ2) is 11.9. The van der Waals surface area contributed by atoms with Crippen LogP contribution in [0.1, 0.15) is 16.7 Å². The van der Waals surface area contributed by atoms with Crippen LogP contribution in [-0.2, 0) is 0 Å². The molecule has 5 heteroatoms. The molecule has 9 aromatic rings. The van der Waals surface area contributed by atoms with Crippen LogP contribution in [-0.4, -0.2) is 0 Å². The molecule has 0 atom stereocenters. The molecular formula is C45H23N3S2. The summed E-state index contributed by atoms with van der Waals surface area (Å²) in [5.41, 5.74) is 9.44. The number of nitriles is 3. The molecule has 2 heterocycles. The van der Waals surface area contributed by atoms with Gasteiger partial charge >= 0.3 is 0 Å². The number of benzene rings is 7. The molecule has 0 fully saturated rings. The molecule has 3 nitrogen and oxygen atoms in total. The van der Waals surface area contributed by atoms with Crippen molar-refractivity contribution >= 4 is 63.0 Å². The fraction of sp³-hybridized carbons (Fsp3) is 0. The van der Waals surface area contributed by atoms with Gasteiger partial charge in [0, 0.05) is 51.5 Å². The normalized spacial score (nSPS) is 11.1. The van der Waals surface area contributed by atoms with Crippen LogP contribution in [0.15, 0.2) is 140 Å². The molecule has 0 radical (unpaired) electrons. The van der Waals surface area contributed by atoms with Gasteiger partial charge in [-0.05, 0) is 112 Å². The topological polar surface area (TPSA) is 71.4 Å². The Hall–Kier alpha value is -6.55. The zero-order chi connectivity index (χ0) is 33.8. The van der Waals surface area contributed by atoms with Gasteiger partial charge in [0.05, 0.1) is 34.9 Å². The van der Waals surface area contributed by atoms with Crippen LogP contribution in [0.5, 0.6) is 0 Å². The first kappa shape index (κ1) is 29.6. The molecule has 230 valence electrons. The smallest absolute Gasteiger partial charge is 0.0998 e. The Bertz CT molecular complexity index is 2980. The maximum Gasteiger partial charge on any atom is 0.0998 e. The third kappa shape index (κ3) is 4.92. The van der Waals surface area contributed by atoms with Crippen molar-refractivity contribution in [2.24, 2.45) is 0 Å². The highest BCUT2D eigenvalue weighted by Crippen LogP contribution is 2.41. The molecule has 9 rings (SSSR count). The van der Waals surface area contributed by atoms with E-state index < -0.39 is 0 Å². The van der Waals surface area contributed by atoms with Crippen molar-refractivity contribution in [1.82, 2.24) is 0 Å². The van der Waals surface area contributed by atoms with Gasteiger partial charge in [0.25, 0.3) is 0 Å². The Kier molecular flexibility index (Phi) is 7.01. The van der Waals surface area contributed by atoms with Gasteiger partial charge in [-0.1, -0.05) is 60.7 Å². The van der Waals surface area contributed by atoms with Crippen molar-refractivity contribution in [3.05, 3.63) is 156 Å². The first-order valence-corrected chi connectivity index (χ1v) is 17.7. The van der Waals surface area contributed by atoms with E-state index in [1.54, 1.807) is 17.4 Å². The largest absolute Gasteiger partial charge is 0.192 e. The summed E-state index contributed by atoms with van der Waals surface area (Å²) in [4.78, 5) is 0. The fourth-order valence-corrected chi connectivity index (χ4v) is 9.08. The molecule has 2 aromatic heterocycles. The maximum absolute atomic E-state index is 10.3. The summed E-state index contributed by atoms with van der Waals surface area (Å²) in [6, 6.07) is 54.6. The van der Waals surface area contributed by atoms with Crippen LogP contribution in [0.4, 0.5) is 0 Å². The van der Waals surface area contributed by atoms with Crippen molar-refractivity contribution in [3.63, 3.8) is 0 Å². The van der Waals surface area contributed by atoms with Crippen molar-refractivity contribution < 1.29 is 0 Å². The quantitative estimate of drug-likeness (QED) is 0.187. The zero-order valence-electron chi connectivity index (χ0n) is 26.4. The van der Waals surface area contributed by atoms with E-state index in [0.717, 1.165) is 60.0 Å². The molecule has 0 aliphatic heterocycles. The summed E-state index contributed by atoms with van der Waals surface area (Å²) >= 11 is 3.54. The summed E-state index contributed by atoms with van der Waals surface area (Å²) in [7, 11) is 0. The molecule has 7 aromatic carbocycles. The molecule has 0 bridgehead atoms. The van der Waals surface area contributed by atoms with E-state index in [4.69, 9.17) is 0 Å². The first-order chi connectivity index (χ1) is 24.6. The second-order valence-electron chi connectivity index (χ2n) is 12.3. The van der Waals surface area contributed by atoms with Gasteiger partial charge in [-0.25, -0.2) is 0 Å². The Morgan fingerprint density at radius 1 is 0.340 bits per heavy atom. The van der Waals surface area contributed by atoms with E-state index >= 15 is 0 Å². The highest BCUT2D eigenvalue weighted by atomic mass is 32.1. The van der Waals surface area contributed by atoms with Crippen molar-refractivity contribution in [1.29, 1.82) is 15.8 Å². The number of nitrogens with zero attached hydrogens (tertiary/aromatic N) is 3. The summed E-state index contributed by atoms with van der Waals surface area (Å²) < 4.78 is 4.86. The molecule has 0 aliphatic rings. The monoisotopic (exact) mass is 669 g/mol. The minimum Gasteiger partial charge on any atom is -0.192 e. The van der Waals surface area contributed by atoms with Crippen LogP contribution in [0.2, 0.25) is 0 Å². The average Bonchev–Trinajstić information content (AvgIpc) is 3.74. The third-order valence-corrected chi connectivity index (χ3v) is 11.7. The van der Waals surface area contributed by atoms with Crippen LogP contribution < -0.4 is 0 Å². The number of hydrogen-bond donors (Lipinski definition) is 0. The van der Waals surface area contributed by atoms with Crippen LogP contribution >= 0.6 is 22.7 Å². The summed E-state index contributed by atoms with van der Waals surface area (Å²) in [6.45, 7) is 0. The number of rotatable bonds is 4. The van der Waals surface area contributed by atoms with E-state index in [0.29, 0.717) is 16.7 Å². The van der Waals surface area contributed by atoms with Gasteiger partial charge in [-0.2, -0.15) is 15.8 Å². The zero-order valence-corrected chi connectivity index (χ0v) is 28.1. The van der Waals surface area contributed by atoms with Crippen LogP contribution in [0, 0.1) is 34.0 Å². The third-order valence-electron chi connectivity index (χ3n) is 9.39. The molecule has 0 N–H and O–H groups in total. The van der Waals surface area contributed by atoms with E-state index in [9.17, 15) is 15.8 Å². The van der Waals surface area contributed by atoms with Crippen molar-refractivity contribution in [2.75, 3.05) is 0 Å². The lowest BCUT2D eigenvalue weighted by Gasteiger charge is -2.13. The van der Waals surface area contributed by atoms with Crippen molar-refractivity contribution in [3.8, 4) is 62.7 Å². The van der Waals surface area contributed by atoms with Gasteiger partial charge in [0.15, 0.2) is 0 Å². The fourth-order valence-electron chi connectivity index (χ4n) is 6.93. The summed E-state index contributed by atoms with van der Waals surface area (Å²) in [6.07, 6.45) is 0. The molecule has 50 heavy (non-hydrogen) atoms. The Balaban J connectivity index is 1.25. The highest BCUT2D eigenvalue weighted by molar-refractivity contribution is 7.26. The Morgan fingerprint density at radius 2 is 0.840 bits per heavy atom. The predicted molar refractivity (Wildman–Crippen MR) is 208 cm³/mol. The van der Waals surface area contributed by atoms with E-state index in [1.807, 2.05) is 65.9 Å². The lowest BCUT2D eigenvalue weighted by molar-refractivity contribution is 1.45. The first-order valence-electron chi connectivity index (χ1n) is 16.1. The van der Waals surface area contributed by atoms with E-state index in [1.165, 1.54) is 24.9 Å². The standard InChI is InChI=1S/C45H23N3S2/c46-24-27-9-14-43-39(17-27)41-23-30(12-16-45(41)50-43)34-20-32(28-10-13-37(35(18-28)26-48)36-6-2-1-5-31(36)25-47)19-33(21-34)29-11-15-44-40(22-29)38-7-3-4-8-42(38)49-44/h1-23H. The van der Waals surface area contributed by atoms with Gasteiger partial charge < -0.3 is 0 Å². The van der Waals surface area contributed by atoms with Crippen LogP contribution in [0.25, 0.3) is 84.9 Å². The Morgan fingerprint density at radius 3 is 1.50 bits per heavy atom. The summed E-state index contributed by atoms with van der Waals surface area (Å²) in [5.74, 6) is 0. The van der Waals surface area contributed by atoms with Crippen LogP contribution in [0.3, 0.4) is 0 Å². The number of fused-ring (bicyclic) bond motifs is 6. The average molecular weight is 670 g/mol. The number of hydrogen-bond acceptors (Lipinski definition) is 5. The minimum absolute atomic E-state index is 0.516. The molecule has 0 spiro atoms. The van der Waals surface area contributed by atoms with Gasteiger partial charge in [0.1, 0.15) is 0 Å². The molecular weight excluding hydrogens is 647 g/mol. The number of thiophene rings is 2. The van der Waals surface area contributed by atoms with Gasteiger partial charge in [0.2, 0.25) is 0 Å². The molecule has 0 unspecified atom stereocenters. The SMILES string of the molecule is N#Cc1ccc2sc3ccc(-c4cc(-c5ccc(-c6ccccc6C#N)c(C#N)c5)cc(-c5ccc6sc7ccccc7c6c5)c4)cc3c2c1. The minimum atomic E-state index is 0.516. The molecule has 0 amide bonds. The lowest BCUT2D eigenvalue weighted by atomic mass is 9.90. The van der Waals surface area contributed by atoms with Gasteiger partial charge in [-0.15, -0.1) is 22.7 Å². The molecule has 0 aliphatic carbocycles. The maximum atomic E-state index is 10.3. The van der Waals surface area contributed by atoms with E-state index in [-0.39, 0.29) is 0 Å². The summed E-state index contributed by atoms with van der Waals surface area (Å²) in [5, 5.41) is 34.4. The van der Waals surface area contributed by atoms with Crippen molar-refractivity contribution in [2.45, 2.75) is 0 Å². The molecule has 0 saturated carbocycles. The highest BCUT2D eigenvalue weighted by Gasteiger charge is 2.15. The predicted octanol–water partition coefficient (Wildman–Crippen LogP) is 12.7. The Labute approximate surface area is 296 Å².